The monoisotopic (exact) mass is 375 g/mol. The molecule has 0 radical (unpaired) electrons. The zero-order valence-electron chi connectivity index (χ0n) is 16.2. The Balaban J connectivity index is 1.60. The Bertz CT molecular complexity index is 1010. The van der Waals surface area contributed by atoms with Gasteiger partial charge in [0.15, 0.2) is 5.69 Å². The van der Waals surface area contributed by atoms with Gasteiger partial charge in [0, 0.05) is 6.20 Å². The van der Waals surface area contributed by atoms with Crippen LogP contribution in [0.3, 0.4) is 0 Å². The van der Waals surface area contributed by atoms with Crippen LogP contribution in [0.2, 0.25) is 0 Å². The van der Waals surface area contributed by atoms with E-state index in [0.29, 0.717) is 23.8 Å². The highest BCUT2D eigenvalue weighted by Gasteiger charge is 2.16. The van der Waals surface area contributed by atoms with Crippen molar-refractivity contribution < 1.29 is 4.79 Å². The Morgan fingerprint density at radius 1 is 1.14 bits per heavy atom. The first-order chi connectivity index (χ1) is 13.7. The van der Waals surface area contributed by atoms with Crippen LogP contribution >= 0.6 is 0 Å². The molecule has 6 nitrogen and oxygen atoms in total. The number of benzene rings is 1. The number of hydrogen-bond acceptors (Lipinski definition) is 4. The lowest BCUT2D eigenvalue weighted by atomic mass is 9.96. The van der Waals surface area contributed by atoms with E-state index in [4.69, 9.17) is 4.99 Å². The maximum Gasteiger partial charge on any atom is 0.285 e. The van der Waals surface area contributed by atoms with Crippen molar-refractivity contribution in [3.05, 3.63) is 77.2 Å². The molecule has 28 heavy (non-hydrogen) atoms. The van der Waals surface area contributed by atoms with Crippen molar-refractivity contribution in [3.8, 4) is 0 Å². The van der Waals surface area contributed by atoms with Gasteiger partial charge in [0.05, 0.1) is 18.8 Å². The van der Waals surface area contributed by atoms with Gasteiger partial charge in [-0.1, -0.05) is 54.8 Å². The molecule has 2 aromatic heterocycles. The largest absolute Gasteiger partial charge is 0.285 e. The van der Waals surface area contributed by atoms with Crippen molar-refractivity contribution in [1.29, 1.82) is 0 Å². The van der Waals surface area contributed by atoms with E-state index < -0.39 is 0 Å². The molecule has 0 amide bonds. The molecule has 144 valence electrons. The van der Waals surface area contributed by atoms with E-state index in [-0.39, 0.29) is 5.91 Å². The Hall–Kier alpha value is -3.02. The van der Waals surface area contributed by atoms with Crippen LogP contribution in [0.4, 0.5) is 0 Å². The third kappa shape index (κ3) is 4.27. The number of carbonyl (C=O) groups is 1. The molecule has 0 atom stereocenters. The number of rotatable bonds is 4. The summed E-state index contributed by atoms with van der Waals surface area (Å²) in [6, 6.07) is 14.2. The van der Waals surface area contributed by atoms with Gasteiger partial charge < -0.3 is 0 Å². The molecule has 0 unspecified atom stereocenters. The zero-order chi connectivity index (χ0) is 19.3. The molecule has 2 heterocycles. The minimum atomic E-state index is -0.200. The number of hydrogen-bond donors (Lipinski definition) is 0. The van der Waals surface area contributed by atoms with Gasteiger partial charge >= 0.3 is 0 Å². The van der Waals surface area contributed by atoms with E-state index in [2.05, 4.69) is 10.3 Å². The second kappa shape index (κ2) is 8.33. The highest BCUT2D eigenvalue weighted by Crippen LogP contribution is 2.19. The van der Waals surface area contributed by atoms with Crippen molar-refractivity contribution >= 4 is 5.91 Å². The minimum absolute atomic E-state index is 0.200. The summed E-state index contributed by atoms with van der Waals surface area (Å²) < 4.78 is 3.29. The first kappa shape index (κ1) is 18.3. The molecular formula is C22H25N5O. The standard InChI is InChI=1S/C22H25N5O/c1-17-12-13-27(21(14-17)23-19-10-6-3-7-11-19)22(28)20-16-26(25-24-20)15-18-8-4-2-5-9-18/h2,4-5,8-9,12-14,16,19H,3,6-7,10-11,15H2,1H3. The minimum Gasteiger partial charge on any atom is -0.266 e. The lowest BCUT2D eigenvalue weighted by Crippen LogP contribution is -2.30. The van der Waals surface area contributed by atoms with Gasteiger partial charge in [-0.05, 0) is 43.0 Å². The summed E-state index contributed by atoms with van der Waals surface area (Å²) >= 11 is 0. The Labute approximate surface area is 164 Å². The van der Waals surface area contributed by atoms with Crippen LogP contribution in [0.1, 0.15) is 53.7 Å². The van der Waals surface area contributed by atoms with E-state index in [0.717, 1.165) is 24.0 Å². The van der Waals surface area contributed by atoms with E-state index in [9.17, 15) is 4.79 Å². The van der Waals surface area contributed by atoms with Gasteiger partial charge in [-0.2, -0.15) is 0 Å². The quantitative estimate of drug-likeness (QED) is 0.702. The molecule has 0 saturated heterocycles. The Kier molecular flexibility index (Phi) is 5.46. The number of aromatic nitrogens is 4. The van der Waals surface area contributed by atoms with Crippen molar-refractivity contribution in [2.45, 2.75) is 51.6 Å². The summed E-state index contributed by atoms with van der Waals surface area (Å²) in [6.07, 6.45) is 9.37. The molecular weight excluding hydrogens is 350 g/mol. The fourth-order valence-electron chi connectivity index (χ4n) is 3.63. The topological polar surface area (TPSA) is 65.1 Å². The number of pyridine rings is 1. The van der Waals surface area contributed by atoms with Crippen molar-refractivity contribution in [1.82, 2.24) is 19.6 Å². The summed E-state index contributed by atoms with van der Waals surface area (Å²) in [5.41, 5.74) is 3.23. The van der Waals surface area contributed by atoms with Crippen LogP contribution in [0.25, 0.3) is 0 Å². The third-order valence-corrected chi connectivity index (χ3v) is 5.14. The first-order valence-electron chi connectivity index (χ1n) is 9.91. The number of nitrogens with zero attached hydrogens (tertiary/aromatic N) is 5. The fourth-order valence-corrected chi connectivity index (χ4v) is 3.63. The molecule has 4 rings (SSSR count). The molecule has 1 aliphatic rings. The van der Waals surface area contributed by atoms with Crippen LogP contribution < -0.4 is 5.49 Å². The molecule has 0 spiro atoms. The van der Waals surface area contributed by atoms with E-state index in [1.807, 2.05) is 49.4 Å². The molecule has 0 N–H and O–H groups in total. The second-order valence-electron chi connectivity index (χ2n) is 7.45. The van der Waals surface area contributed by atoms with Gasteiger partial charge in [0.2, 0.25) is 0 Å². The average molecular weight is 375 g/mol. The van der Waals surface area contributed by atoms with Gasteiger partial charge in [0.1, 0.15) is 5.49 Å². The summed E-state index contributed by atoms with van der Waals surface area (Å²) in [6.45, 7) is 2.60. The smallest absolute Gasteiger partial charge is 0.266 e. The van der Waals surface area contributed by atoms with Crippen LogP contribution in [-0.2, 0) is 6.54 Å². The molecule has 1 aliphatic carbocycles. The second-order valence-corrected chi connectivity index (χ2v) is 7.45. The molecule has 1 fully saturated rings. The maximum atomic E-state index is 13.1. The van der Waals surface area contributed by atoms with Gasteiger partial charge in [0.25, 0.3) is 5.91 Å². The molecule has 0 aliphatic heterocycles. The van der Waals surface area contributed by atoms with Gasteiger partial charge in [-0.25, -0.2) is 4.68 Å². The number of aryl methyl sites for hydroxylation is 1. The lowest BCUT2D eigenvalue weighted by molar-refractivity contribution is 0.0949. The molecule has 6 heteroatoms. The van der Waals surface area contributed by atoms with E-state index >= 15 is 0 Å². The predicted molar refractivity (Wildman–Crippen MR) is 107 cm³/mol. The van der Waals surface area contributed by atoms with Crippen LogP contribution in [0.15, 0.2) is 59.9 Å². The van der Waals surface area contributed by atoms with E-state index in [1.54, 1.807) is 21.6 Å². The Morgan fingerprint density at radius 3 is 2.71 bits per heavy atom. The summed E-state index contributed by atoms with van der Waals surface area (Å²) in [4.78, 5) is 18.0. The SMILES string of the molecule is Cc1ccn(C(=O)c2cn(Cc3ccccc3)nn2)c(=NC2CCCCC2)c1. The fraction of sp³-hybridized carbons (Fsp3) is 0.364. The summed E-state index contributed by atoms with van der Waals surface area (Å²) in [7, 11) is 0. The van der Waals surface area contributed by atoms with Crippen molar-refractivity contribution in [2.24, 2.45) is 4.99 Å². The average Bonchev–Trinajstić information content (AvgIpc) is 3.18. The molecule has 1 saturated carbocycles. The summed E-state index contributed by atoms with van der Waals surface area (Å²) in [5, 5.41) is 8.22. The Morgan fingerprint density at radius 2 is 1.93 bits per heavy atom. The summed E-state index contributed by atoms with van der Waals surface area (Å²) in [5.74, 6) is -0.200. The predicted octanol–water partition coefficient (Wildman–Crippen LogP) is 3.36. The normalized spacial score (nSPS) is 15.7. The highest BCUT2D eigenvalue weighted by molar-refractivity contribution is 5.93. The van der Waals surface area contributed by atoms with E-state index in [1.165, 1.54) is 19.3 Å². The molecule has 3 aromatic rings. The van der Waals surface area contributed by atoms with Crippen molar-refractivity contribution in [2.75, 3.05) is 0 Å². The highest BCUT2D eigenvalue weighted by atomic mass is 16.2. The zero-order valence-corrected chi connectivity index (χ0v) is 16.2. The van der Waals surface area contributed by atoms with Gasteiger partial charge in [-0.3, -0.25) is 14.4 Å². The molecule has 0 bridgehead atoms. The van der Waals surface area contributed by atoms with Gasteiger partial charge in [-0.15, -0.1) is 5.10 Å². The maximum absolute atomic E-state index is 13.1. The van der Waals surface area contributed by atoms with Crippen molar-refractivity contribution in [3.63, 3.8) is 0 Å². The third-order valence-electron chi connectivity index (χ3n) is 5.14. The number of carbonyl (C=O) groups excluding carboxylic acids is 1. The molecule has 1 aromatic carbocycles. The van der Waals surface area contributed by atoms with Crippen LogP contribution in [-0.4, -0.2) is 31.5 Å². The lowest BCUT2D eigenvalue weighted by Gasteiger charge is -2.17. The van der Waals surface area contributed by atoms with Crippen LogP contribution in [0.5, 0.6) is 0 Å². The van der Waals surface area contributed by atoms with Crippen LogP contribution in [0, 0.1) is 6.92 Å². The first-order valence-corrected chi connectivity index (χ1v) is 9.91.